The van der Waals surface area contributed by atoms with Crippen LogP contribution in [0.1, 0.15) is 44.9 Å². The van der Waals surface area contributed by atoms with E-state index in [1.54, 1.807) is 0 Å². The highest BCUT2D eigenvalue weighted by Crippen LogP contribution is 2.19. The lowest BCUT2D eigenvalue weighted by atomic mass is 10.1. The Kier molecular flexibility index (Phi) is 6.31. The molecule has 3 N–H and O–H groups in total. The molecular formula is C10H20N2O3. The van der Waals surface area contributed by atoms with Crippen molar-refractivity contribution < 1.29 is 14.4 Å². The summed E-state index contributed by atoms with van der Waals surface area (Å²) in [6.45, 7) is 0.422. The Morgan fingerprint density at radius 3 is 2.53 bits per heavy atom. The van der Waals surface area contributed by atoms with Crippen LogP contribution in [0.4, 0.5) is 0 Å². The Labute approximate surface area is 90.2 Å². The lowest BCUT2D eigenvalue weighted by molar-refractivity contribution is -0.153. The molecule has 0 heterocycles. The van der Waals surface area contributed by atoms with Crippen LogP contribution in [0.15, 0.2) is 0 Å². The van der Waals surface area contributed by atoms with Crippen LogP contribution in [0.2, 0.25) is 0 Å². The van der Waals surface area contributed by atoms with E-state index >= 15 is 0 Å². The van der Waals surface area contributed by atoms with Gasteiger partial charge >= 0.3 is 5.97 Å². The zero-order valence-electron chi connectivity index (χ0n) is 9.04. The fraction of sp³-hybridized carbons (Fsp3) is 0.900. The number of hydrazine groups is 1. The molecule has 0 amide bonds. The maximum Gasteiger partial charge on any atom is 0.328 e. The number of nitrogens with two attached hydrogens (primary N) is 1. The SMILES string of the molecule is NNOC(=O)CCOC1CCCCCC1. The topological polar surface area (TPSA) is 73.6 Å². The molecular weight excluding hydrogens is 196 g/mol. The standard InChI is InChI=1S/C10H20N2O3/c11-12-15-10(13)7-8-14-9-5-3-1-2-4-6-9/h9,12H,1-8,11H2. The van der Waals surface area contributed by atoms with E-state index in [4.69, 9.17) is 10.6 Å². The van der Waals surface area contributed by atoms with Crippen LogP contribution < -0.4 is 11.4 Å². The quantitative estimate of drug-likeness (QED) is 0.408. The monoisotopic (exact) mass is 216 g/mol. The fourth-order valence-corrected chi connectivity index (χ4v) is 1.83. The predicted octanol–water partition coefficient (Wildman–Crippen LogP) is 1.04. The number of carbonyl (C=O) groups excluding carboxylic acids is 1. The van der Waals surface area contributed by atoms with Crippen LogP contribution >= 0.6 is 0 Å². The van der Waals surface area contributed by atoms with Gasteiger partial charge in [0.2, 0.25) is 0 Å². The summed E-state index contributed by atoms with van der Waals surface area (Å²) in [5.74, 6) is 4.45. The molecule has 0 aromatic heterocycles. The van der Waals surface area contributed by atoms with Crippen molar-refractivity contribution in [1.82, 2.24) is 5.59 Å². The van der Waals surface area contributed by atoms with Crippen LogP contribution in [-0.2, 0) is 14.4 Å². The smallest absolute Gasteiger partial charge is 0.328 e. The van der Waals surface area contributed by atoms with Gasteiger partial charge in [0, 0.05) is 0 Å². The molecule has 88 valence electrons. The third-order valence-corrected chi connectivity index (χ3v) is 2.63. The van der Waals surface area contributed by atoms with Crippen LogP contribution in [0.3, 0.4) is 0 Å². The van der Waals surface area contributed by atoms with E-state index in [2.05, 4.69) is 4.84 Å². The molecule has 0 atom stereocenters. The molecule has 1 rings (SSSR count). The second kappa shape index (κ2) is 7.62. The molecule has 0 aromatic rings. The zero-order valence-corrected chi connectivity index (χ0v) is 9.04. The summed E-state index contributed by atoms with van der Waals surface area (Å²) in [6.07, 6.45) is 7.89. The highest BCUT2D eigenvalue weighted by Gasteiger charge is 2.13. The number of rotatable bonds is 5. The van der Waals surface area contributed by atoms with Crippen molar-refractivity contribution in [3.05, 3.63) is 0 Å². The Hall–Kier alpha value is -0.650. The summed E-state index contributed by atoms with van der Waals surface area (Å²) < 4.78 is 5.61. The highest BCUT2D eigenvalue weighted by molar-refractivity contribution is 5.69. The van der Waals surface area contributed by atoms with Gasteiger partial charge in [-0.1, -0.05) is 31.3 Å². The van der Waals surface area contributed by atoms with Crippen LogP contribution in [0.25, 0.3) is 0 Å². The Bertz CT molecular complexity index is 180. The Balaban J connectivity index is 2.05. The number of nitrogens with one attached hydrogen (secondary N) is 1. The fourth-order valence-electron chi connectivity index (χ4n) is 1.83. The summed E-state index contributed by atoms with van der Waals surface area (Å²) >= 11 is 0. The van der Waals surface area contributed by atoms with Crippen LogP contribution in [0, 0.1) is 0 Å². The summed E-state index contributed by atoms with van der Waals surface area (Å²) in [5, 5.41) is 0. The first kappa shape index (κ1) is 12.4. The maximum atomic E-state index is 10.9. The molecule has 1 aliphatic rings. The first-order chi connectivity index (χ1) is 7.33. The van der Waals surface area contributed by atoms with Gasteiger partial charge in [-0.3, -0.25) is 4.79 Å². The maximum absolute atomic E-state index is 10.9. The molecule has 15 heavy (non-hydrogen) atoms. The number of hydrogen-bond acceptors (Lipinski definition) is 5. The van der Waals surface area contributed by atoms with Crippen molar-refractivity contribution >= 4 is 5.97 Å². The first-order valence-electron chi connectivity index (χ1n) is 5.60. The summed E-state index contributed by atoms with van der Waals surface area (Å²) in [4.78, 5) is 15.3. The minimum atomic E-state index is -0.383. The number of ether oxygens (including phenoxy) is 1. The van der Waals surface area contributed by atoms with Gasteiger partial charge in [0.15, 0.2) is 0 Å². The normalized spacial score (nSPS) is 18.5. The largest absolute Gasteiger partial charge is 0.378 e. The summed E-state index contributed by atoms with van der Waals surface area (Å²) in [6, 6.07) is 0. The Morgan fingerprint density at radius 2 is 1.93 bits per heavy atom. The molecule has 0 saturated heterocycles. The second-order valence-electron chi connectivity index (χ2n) is 3.83. The molecule has 0 aliphatic heterocycles. The molecule has 0 aromatic carbocycles. The van der Waals surface area contributed by atoms with E-state index in [1.807, 2.05) is 5.59 Å². The molecule has 5 heteroatoms. The molecule has 1 aliphatic carbocycles. The zero-order chi connectivity index (χ0) is 10.9. The van der Waals surface area contributed by atoms with Gasteiger partial charge in [0.1, 0.15) is 0 Å². The van der Waals surface area contributed by atoms with E-state index in [-0.39, 0.29) is 12.4 Å². The van der Waals surface area contributed by atoms with Gasteiger partial charge in [0.05, 0.1) is 19.1 Å². The van der Waals surface area contributed by atoms with Gasteiger partial charge in [-0.2, -0.15) is 0 Å². The third-order valence-electron chi connectivity index (χ3n) is 2.63. The summed E-state index contributed by atoms with van der Waals surface area (Å²) in [5.41, 5.74) is 1.86. The molecule has 5 nitrogen and oxygen atoms in total. The summed E-state index contributed by atoms with van der Waals surface area (Å²) in [7, 11) is 0. The lowest BCUT2D eigenvalue weighted by Crippen LogP contribution is -2.27. The molecule has 0 bridgehead atoms. The number of hydrogen-bond donors (Lipinski definition) is 2. The van der Waals surface area contributed by atoms with Crippen LogP contribution in [0.5, 0.6) is 0 Å². The van der Waals surface area contributed by atoms with E-state index in [0.29, 0.717) is 12.7 Å². The molecule has 1 saturated carbocycles. The van der Waals surface area contributed by atoms with Gasteiger partial charge in [-0.15, -0.1) is 0 Å². The van der Waals surface area contributed by atoms with Gasteiger partial charge in [0.25, 0.3) is 0 Å². The van der Waals surface area contributed by atoms with Crippen molar-refractivity contribution in [3.63, 3.8) is 0 Å². The minimum Gasteiger partial charge on any atom is -0.378 e. The second-order valence-corrected chi connectivity index (χ2v) is 3.83. The average molecular weight is 216 g/mol. The number of carbonyl (C=O) groups is 1. The molecule has 0 spiro atoms. The van der Waals surface area contributed by atoms with Crippen molar-refractivity contribution in [2.45, 2.75) is 51.0 Å². The van der Waals surface area contributed by atoms with Crippen LogP contribution in [-0.4, -0.2) is 18.7 Å². The average Bonchev–Trinajstić information content (AvgIpc) is 2.47. The molecule has 1 fully saturated rings. The van der Waals surface area contributed by atoms with E-state index in [9.17, 15) is 4.79 Å². The molecule has 0 unspecified atom stereocenters. The lowest BCUT2D eigenvalue weighted by Gasteiger charge is -2.14. The Morgan fingerprint density at radius 1 is 1.27 bits per heavy atom. The van der Waals surface area contributed by atoms with Gasteiger partial charge in [-0.25, -0.2) is 5.84 Å². The highest BCUT2D eigenvalue weighted by atomic mass is 16.7. The predicted molar refractivity (Wildman–Crippen MR) is 55.5 cm³/mol. The van der Waals surface area contributed by atoms with Crippen molar-refractivity contribution in [2.24, 2.45) is 5.84 Å². The molecule has 0 radical (unpaired) electrons. The first-order valence-corrected chi connectivity index (χ1v) is 5.60. The van der Waals surface area contributed by atoms with Gasteiger partial charge < -0.3 is 9.57 Å². The van der Waals surface area contributed by atoms with Crippen molar-refractivity contribution in [2.75, 3.05) is 6.61 Å². The van der Waals surface area contributed by atoms with Crippen molar-refractivity contribution in [1.29, 1.82) is 0 Å². The third kappa shape index (κ3) is 5.71. The van der Waals surface area contributed by atoms with E-state index < -0.39 is 0 Å². The van der Waals surface area contributed by atoms with E-state index in [1.165, 1.54) is 25.7 Å². The van der Waals surface area contributed by atoms with Gasteiger partial charge in [-0.05, 0) is 12.8 Å². The van der Waals surface area contributed by atoms with E-state index in [0.717, 1.165) is 12.8 Å². The van der Waals surface area contributed by atoms with Crippen molar-refractivity contribution in [3.8, 4) is 0 Å². The minimum absolute atomic E-state index is 0.251.